The van der Waals surface area contributed by atoms with Gasteiger partial charge in [-0.15, -0.1) is 0 Å². The van der Waals surface area contributed by atoms with Crippen molar-refractivity contribution >= 4 is 11.4 Å². The molecule has 4 aromatic rings. The first-order chi connectivity index (χ1) is 16.8. The smallest absolute Gasteiger partial charge is 0.399 e. The fourth-order valence-electron chi connectivity index (χ4n) is 3.89. The Morgan fingerprint density at radius 1 is 0.444 bits per heavy atom. The van der Waals surface area contributed by atoms with E-state index in [-0.39, 0.29) is 33.6 Å². The molecule has 0 atom stereocenters. The van der Waals surface area contributed by atoms with Crippen molar-refractivity contribution < 1.29 is 35.1 Å². The summed E-state index contributed by atoms with van der Waals surface area (Å²) >= 11 is 0. The van der Waals surface area contributed by atoms with E-state index in [9.17, 15) is 35.1 Å². The Labute approximate surface area is 199 Å². The Hall–Kier alpha value is -4.08. The van der Waals surface area contributed by atoms with Crippen LogP contribution in [-0.4, -0.2) is 0 Å². The van der Waals surface area contributed by atoms with Crippen molar-refractivity contribution in [3.8, 4) is 33.4 Å². The zero-order valence-electron chi connectivity index (χ0n) is 18.1. The van der Waals surface area contributed by atoms with Gasteiger partial charge in [-0.1, -0.05) is 36.4 Å². The lowest BCUT2D eigenvalue weighted by Crippen LogP contribution is -2.08. The average Bonchev–Trinajstić information content (AvgIpc) is 2.78. The van der Waals surface area contributed by atoms with Crippen molar-refractivity contribution in [2.24, 2.45) is 0 Å². The van der Waals surface area contributed by atoms with Gasteiger partial charge in [0.25, 0.3) is 0 Å². The summed E-state index contributed by atoms with van der Waals surface area (Å²) < 4.78 is 110. The summed E-state index contributed by atoms with van der Waals surface area (Å²) in [5, 5.41) is 0. The molecule has 0 radical (unpaired) electrons. The van der Waals surface area contributed by atoms with E-state index in [4.69, 9.17) is 11.5 Å². The first-order valence-corrected chi connectivity index (χ1v) is 10.3. The van der Waals surface area contributed by atoms with Crippen molar-refractivity contribution in [2.75, 3.05) is 11.5 Å². The summed E-state index contributed by atoms with van der Waals surface area (Å²) in [7, 11) is 0. The number of alkyl halides is 6. The van der Waals surface area contributed by atoms with Gasteiger partial charge in [0.1, 0.15) is 11.6 Å². The molecule has 0 aliphatic carbocycles. The number of nitrogen functional groups attached to an aromatic ring is 2. The normalized spacial score (nSPS) is 12.1. The van der Waals surface area contributed by atoms with E-state index < -0.39 is 46.2 Å². The lowest BCUT2D eigenvalue weighted by molar-refractivity contribution is -0.137. The summed E-state index contributed by atoms with van der Waals surface area (Å²) in [6, 6.07) is 12.5. The maximum atomic E-state index is 14.9. The van der Waals surface area contributed by atoms with Crippen LogP contribution >= 0.6 is 0 Å². The van der Waals surface area contributed by atoms with Crippen LogP contribution in [0.1, 0.15) is 11.1 Å². The van der Waals surface area contributed by atoms with Crippen LogP contribution in [0.2, 0.25) is 0 Å². The molecule has 0 bridgehead atoms. The van der Waals surface area contributed by atoms with E-state index in [2.05, 4.69) is 0 Å². The van der Waals surface area contributed by atoms with Crippen LogP contribution in [0.25, 0.3) is 33.4 Å². The van der Waals surface area contributed by atoms with Gasteiger partial charge in [-0.3, -0.25) is 0 Å². The lowest BCUT2D eigenvalue weighted by atomic mass is 9.93. The summed E-state index contributed by atoms with van der Waals surface area (Å²) in [4.78, 5) is 0. The minimum Gasteiger partial charge on any atom is -0.399 e. The first kappa shape index (κ1) is 25.0. The van der Waals surface area contributed by atoms with E-state index in [1.54, 1.807) is 0 Å². The molecule has 186 valence electrons. The number of nitrogens with two attached hydrogens (primary N) is 2. The predicted molar refractivity (Wildman–Crippen MR) is 121 cm³/mol. The van der Waals surface area contributed by atoms with Crippen LogP contribution in [0.3, 0.4) is 0 Å². The van der Waals surface area contributed by atoms with Crippen molar-refractivity contribution in [1.82, 2.24) is 0 Å². The molecule has 0 aromatic heterocycles. The molecule has 0 aliphatic rings. The summed E-state index contributed by atoms with van der Waals surface area (Å²) in [5.74, 6) is -2.02. The molecule has 0 unspecified atom stereocenters. The third kappa shape index (κ3) is 4.84. The first-order valence-electron chi connectivity index (χ1n) is 10.3. The third-order valence-corrected chi connectivity index (χ3v) is 5.55. The third-order valence-electron chi connectivity index (χ3n) is 5.55. The van der Waals surface area contributed by atoms with Crippen LogP contribution in [0.5, 0.6) is 0 Å². The molecule has 0 spiro atoms. The molecule has 0 aliphatic heterocycles. The zero-order valence-corrected chi connectivity index (χ0v) is 18.1. The molecule has 0 amide bonds. The van der Waals surface area contributed by atoms with Crippen LogP contribution in [0.4, 0.5) is 46.5 Å². The Kier molecular flexibility index (Phi) is 6.15. The monoisotopic (exact) mass is 508 g/mol. The van der Waals surface area contributed by atoms with Crippen LogP contribution in [0, 0.1) is 11.6 Å². The maximum absolute atomic E-state index is 14.9. The van der Waals surface area contributed by atoms with Gasteiger partial charge in [0.2, 0.25) is 0 Å². The van der Waals surface area contributed by atoms with E-state index >= 15 is 0 Å². The summed E-state index contributed by atoms with van der Waals surface area (Å²) in [6.45, 7) is 0. The molecule has 2 nitrogen and oxygen atoms in total. The highest BCUT2D eigenvalue weighted by atomic mass is 19.4. The average molecular weight is 508 g/mol. The second-order valence-corrected chi connectivity index (χ2v) is 7.99. The predicted octanol–water partition coefficient (Wildman–Crippen LogP) is 8.17. The molecule has 0 saturated heterocycles. The minimum absolute atomic E-state index is 0.110. The van der Waals surface area contributed by atoms with Crippen molar-refractivity contribution in [3.05, 3.63) is 95.6 Å². The molecule has 4 aromatic carbocycles. The molecule has 0 heterocycles. The van der Waals surface area contributed by atoms with Crippen molar-refractivity contribution in [1.29, 1.82) is 0 Å². The molecule has 0 saturated carbocycles. The van der Waals surface area contributed by atoms with Crippen LogP contribution < -0.4 is 11.5 Å². The Morgan fingerprint density at radius 3 is 1.08 bits per heavy atom. The van der Waals surface area contributed by atoms with Crippen molar-refractivity contribution in [2.45, 2.75) is 12.4 Å². The highest BCUT2D eigenvalue weighted by Crippen LogP contribution is 2.41. The van der Waals surface area contributed by atoms with Gasteiger partial charge in [-0.2, -0.15) is 26.3 Å². The maximum Gasteiger partial charge on any atom is 0.417 e. The van der Waals surface area contributed by atoms with Crippen LogP contribution in [0.15, 0.2) is 72.8 Å². The Morgan fingerprint density at radius 2 is 0.778 bits per heavy atom. The number of benzene rings is 4. The van der Waals surface area contributed by atoms with Gasteiger partial charge >= 0.3 is 12.4 Å². The quantitative estimate of drug-likeness (QED) is 0.217. The summed E-state index contributed by atoms with van der Waals surface area (Å²) in [5.41, 5.74) is 7.05. The molecule has 4 rings (SSSR count). The molecule has 36 heavy (non-hydrogen) atoms. The second kappa shape index (κ2) is 8.85. The number of hydrogen-bond donors (Lipinski definition) is 2. The van der Waals surface area contributed by atoms with Gasteiger partial charge in [0.15, 0.2) is 0 Å². The highest BCUT2D eigenvalue weighted by molar-refractivity contribution is 5.77. The van der Waals surface area contributed by atoms with Gasteiger partial charge in [0, 0.05) is 22.5 Å². The van der Waals surface area contributed by atoms with Gasteiger partial charge in [-0.05, 0) is 58.7 Å². The SMILES string of the molecule is Nc1ccc(-c2ccc(-c3ccc(-c4ccc(N)cc4C(F)(F)F)c(F)c3)cc2F)c(C(F)(F)F)c1. The second-order valence-electron chi connectivity index (χ2n) is 7.99. The number of hydrogen-bond acceptors (Lipinski definition) is 2. The van der Waals surface area contributed by atoms with Crippen molar-refractivity contribution in [3.63, 3.8) is 0 Å². The fourth-order valence-corrected chi connectivity index (χ4v) is 3.89. The molecular weight excluding hydrogens is 492 g/mol. The van der Waals surface area contributed by atoms with E-state index in [1.807, 2.05) is 0 Å². The molecular formula is C26H16F8N2. The number of anilines is 2. The minimum atomic E-state index is -4.79. The van der Waals surface area contributed by atoms with Gasteiger partial charge < -0.3 is 11.5 Å². The van der Waals surface area contributed by atoms with E-state index in [0.717, 1.165) is 36.4 Å². The topological polar surface area (TPSA) is 52.0 Å². The largest absolute Gasteiger partial charge is 0.417 e. The Bertz CT molecular complexity index is 1340. The fraction of sp³-hybridized carbons (Fsp3) is 0.0769. The molecule has 0 fully saturated rings. The van der Waals surface area contributed by atoms with Crippen LogP contribution in [-0.2, 0) is 12.4 Å². The highest BCUT2D eigenvalue weighted by Gasteiger charge is 2.35. The molecule has 10 heteroatoms. The zero-order chi connectivity index (χ0) is 26.4. The number of rotatable bonds is 3. The van der Waals surface area contributed by atoms with Gasteiger partial charge in [0.05, 0.1) is 11.1 Å². The standard InChI is InChI=1S/C26H16F8N2/c27-23-9-13(1-5-19(23)17-7-3-15(35)11-21(17)25(29,30)31)14-2-6-20(24(28)10-14)18-8-4-16(36)12-22(18)26(32,33)34/h1-12H,35-36H2. The lowest BCUT2D eigenvalue weighted by Gasteiger charge is -2.16. The van der Waals surface area contributed by atoms with E-state index in [1.165, 1.54) is 24.3 Å². The van der Waals surface area contributed by atoms with Gasteiger partial charge in [-0.25, -0.2) is 8.78 Å². The Balaban J connectivity index is 1.75. The summed E-state index contributed by atoms with van der Waals surface area (Å²) in [6.07, 6.45) is -9.57. The van der Waals surface area contributed by atoms with E-state index in [0.29, 0.717) is 12.1 Å². The number of halogens is 8. The molecule has 4 N–H and O–H groups in total.